The number of hydrogen-bond donors (Lipinski definition) is 2. The van der Waals surface area contributed by atoms with E-state index in [1.165, 1.54) is 18.3 Å². The summed E-state index contributed by atoms with van der Waals surface area (Å²) in [7, 11) is -1.54. The lowest BCUT2D eigenvalue weighted by atomic mass is 9.81. The van der Waals surface area contributed by atoms with Crippen molar-refractivity contribution < 1.29 is 14.8 Å². The predicted octanol–water partition coefficient (Wildman–Crippen LogP) is -1.43. The Morgan fingerprint density at radius 2 is 2.27 bits per heavy atom. The average Bonchev–Trinajstić information content (AvgIpc) is 2.05. The molecule has 0 unspecified atom stereocenters. The van der Waals surface area contributed by atoms with Gasteiger partial charge in [-0.15, -0.1) is 0 Å². The fourth-order valence-electron chi connectivity index (χ4n) is 0.691. The van der Waals surface area contributed by atoms with Crippen LogP contribution in [0.1, 0.15) is 10.5 Å². The Balaban J connectivity index is 3.00. The second-order valence-corrected chi connectivity index (χ2v) is 2.01. The average molecular weight is 151 g/mol. The highest BCUT2D eigenvalue weighted by Gasteiger charge is 2.10. The van der Waals surface area contributed by atoms with Gasteiger partial charge in [0.25, 0.3) is 0 Å². The summed E-state index contributed by atoms with van der Waals surface area (Å²) in [6, 6.07) is 2.75. The van der Waals surface area contributed by atoms with Crippen LogP contribution in [0.4, 0.5) is 0 Å². The molecule has 1 rings (SSSR count). The Hall–Kier alpha value is -1.20. The smallest absolute Gasteiger partial charge is 0.423 e. The van der Waals surface area contributed by atoms with Crippen LogP contribution < -0.4 is 5.46 Å². The van der Waals surface area contributed by atoms with Gasteiger partial charge in [-0.25, -0.2) is 0 Å². The summed E-state index contributed by atoms with van der Waals surface area (Å²) in [6.07, 6.45) is 1.89. The summed E-state index contributed by atoms with van der Waals surface area (Å²) < 4.78 is 0. The van der Waals surface area contributed by atoms with Crippen molar-refractivity contribution in [3.05, 3.63) is 24.0 Å². The van der Waals surface area contributed by atoms with Crippen molar-refractivity contribution in [3.8, 4) is 0 Å². The zero-order valence-corrected chi connectivity index (χ0v) is 5.64. The molecule has 0 aromatic carbocycles. The van der Waals surface area contributed by atoms with E-state index in [2.05, 4.69) is 4.98 Å². The number of carbonyl (C=O) groups is 1. The predicted molar refractivity (Wildman–Crippen MR) is 39.5 cm³/mol. The van der Waals surface area contributed by atoms with E-state index in [4.69, 9.17) is 10.0 Å². The van der Waals surface area contributed by atoms with Gasteiger partial charge in [-0.2, -0.15) is 0 Å². The molecule has 1 heterocycles. The van der Waals surface area contributed by atoms with Crippen molar-refractivity contribution >= 4 is 18.9 Å². The Labute approximate surface area is 63.7 Å². The van der Waals surface area contributed by atoms with Crippen LogP contribution in [-0.2, 0) is 0 Å². The highest BCUT2D eigenvalue weighted by atomic mass is 16.4. The number of pyridine rings is 1. The minimum atomic E-state index is -1.54. The second kappa shape index (κ2) is 3.27. The first-order valence-electron chi connectivity index (χ1n) is 3.01. The molecule has 1 aromatic rings. The first kappa shape index (κ1) is 7.91. The quantitative estimate of drug-likeness (QED) is 0.401. The van der Waals surface area contributed by atoms with Crippen molar-refractivity contribution in [2.45, 2.75) is 0 Å². The molecule has 56 valence electrons. The van der Waals surface area contributed by atoms with Crippen molar-refractivity contribution in [1.82, 2.24) is 4.98 Å². The van der Waals surface area contributed by atoms with Gasteiger partial charge in [0.05, 0.1) is 0 Å². The lowest BCUT2D eigenvalue weighted by molar-refractivity contribution is 0.111. The summed E-state index contributed by atoms with van der Waals surface area (Å²) in [5, 5.41) is 17.3. The fourth-order valence-corrected chi connectivity index (χ4v) is 0.691. The van der Waals surface area contributed by atoms with Crippen LogP contribution in [-0.4, -0.2) is 28.4 Å². The molecule has 1 aromatic heterocycles. The second-order valence-electron chi connectivity index (χ2n) is 2.01. The molecule has 0 aliphatic rings. The maximum absolute atomic E-state index is 10.2. The number of hydrogen-bond acceptors (Lipinski definition) is 4. The molecule has 0 atom stereocenters. The molecule has 0 spiro atoms. The molecular weight excluding hydrogens is 145 g/mol. The molecule has 0 radical (unpaired) electrons. The summed E-state index contributed by atoms with van der Waals surface area (Å²) >= 11 is 0. The van der Waals surface area contributed by atoms with Crippen LogP contribution in [0, 0.1) is 0 Å². The molecule has 5 heteroatoms. The number of aromatic nitrogens is 1. The van der Waals surface area contributed by atoms with E-state index in [0.717, 1.165) is 0 Å². The number of rotatable bonds is 2. The van der Waals surface area contributed by atoms with Gasteiger partial charge in [-0.3, -0.25) is 9.78 Å². The number of carbonyl (C=O) groups excluding carboxylic acids is 1. The Kier molecular flexibility index (Phi) is 2.35. The molecule has 0 fully saturated rings. The standard InChI is InChI=1S/C6H6BNO3/c9-4-6-3-5(7(10)11)1-2-8-6/h1-4,10-11H. The van der Waals surface area contributed by atoms with E-state index < -0.39 is 7.12 Å². The van der Waals surface area contributed by atoms with Crippen LogP contribution in [0.3, 0.4) is 0 Å². The van der Waals surface area contributed by atoms with E-state index in [0.29, 0.717) is 6.29 Å². The van der Waals surface area contributed by atoms with Crippen LogP contribution >= 0.6 is 0 Å². The topological polar surface area (TPSA) is 70.4 Å². The van der Waals surface area contributed by atoms with Gasteiger partial charge in [0.1, 0.15) is 5.69 Å². The van der Waals surface area contributed by atoms with Crippen LogP contribution in [0.5, 0.6) is 0 Å². The molecule has 0 saturated carbocycles. The molecular formula is C6H6BNO3. The third-order valence-corrected chi connectivity index (χ3v) is 1.22. The van der Waals surface area contributed by atoms with E-state index >= 15 is 0 Å². The highest BCUT2D eigenvalue weighted by Crippen LogP contribution is 1.86. The molecule has 0 aliphatic carbocycles. The first-order valence-corrected chi connectivity index (χ1v) is 3.01. The number of nitrogens with zero attached hydrogens (tertiary/aromatic N) is 1. The Bertz CT molecular complexity index is 264. The Morgan fingerprint density at radius 1 is 1.55 bits per heavy atom. The third kappa shape index (κ3) is 1.86. The summed E-state index contributed by atoms with van der Waals surface area (Å²) in [5.41, 5.74) is 0.456. The van der Waals surface area contributed by atoms with E-state index in [1.54, 1.807) is 0 Å². The number of aldehydes is 1. The summed E-state index contributed by atoms with van der Waals surface area (Å²) in [6.45, 7) is 0. The van der Waals surface area contributed by atoms with Crippen molar-refractivity contribution in [1.29, 1.82) is 0 Å². The van der Waals surface area contributed by atoms with Crippen LogP contribution in [0.2, 0.25) is 0 Å². The maximum Gasteiger partial charge on any atom is 0.488 e. The van der Waals surface area contributed by atoms with Gasteiger partial charge < -0.3 is 10.0 Å². The molecule has 0 bridgehead atoms. The summed E-state index contributed by atoms with van der Waals surface area (Å²) in [4.78, 5) is 13.8. The van der Waals surface area contributed by atoms with E-state index in [-0.39, 0.29) is 11.2 Å². The van der Waals surface area contributed by atoms with Gasteiger partial charge in [0.2, 0.25) is 0 Å². The van der Waals surface area contributed by atoms with Crippen LogP contribution in [0.15, 0.2) is 18.3 Å². The van der Waals surface area contributed by atoms with Crippen molar-refractivity contribution in [2.24, 2.45) is 0 Å². The van der Waals surface area contributed by atoms with Gasteiger partial charge >= 0.3 is 7.12 Å². The largest absolute Gasteiger partial charge is 0.488 e. The molecule has 11 heavy (non-hydrogen) atoms. The normalized spacial score (nSPS) is 9.27. The van der Waals surface area contributed by atoms with Crippen LogP contribution in [0.25, 0.3) is 0 Å². The van der Waals surface area contributed by atoms with Gasteiger partial charge in [0.15, 0.2) is 6.29 Å². The van der Waals surface area contributed by atoms with E-state index in [1.807, 2.05) is 0 Å². The van der Waals surface area contributed by atoms with Crippen molar-refractivity contribution in [3.63, 3.8) is 0 Å². The van der Waals surface area contributed by atoms with Gasteiger partial charge in [0, 0.05) is 6.20 Å². The third-order valence-electron chi connectivity index (χ3n) is 1.22. The Morgan fingerprint density at radius 3 is 2.82 bits per heavy atom. The monoisotopic (exact) mass is 151 g/mol. The molecule has 0 amide bonds. The zero-order chi connectivity index (χ0) is 8.27. The lowest BCUT2D eigenvalue weighted by Gasteiger charge is -1.97. The van der Waals surface area contributed by atoms with E-state index in [9.17, 15) is 4.79 Å². The SMILES string of the molecule is O=Cc1cc(B(O)O)ccn1. The minimum absolute atomic E-state index is 0.190. The molecule has 4 nitrogen and oxygen atoms in total. The minimum Gasteiger partial charge on any atom is -0.423 e. The molecule has 0 saturated heterocycles. The summed E-state index contributed by atoms with van der Waals surface area (Å²) in [5.74, 6) is 0. The first-order chi connectivity index (χ1) is 5.24. The maximum atomic E-state index is 10.2. The molecule has 0 aliphatic heterocycles. The molecule has 2 N–H and O–H groups in total. The van der Waals surface area contributed by atoms with Gasteiger partial charge in [-0.05, 0) is 17.6 Å². The highest BCUT2D eigenvalue weighted by molar-refractivity contribution is 6.58. The fraction of sp³-hybridized carbons (Fsp3) is 0. The lowest BCUT2D eigenvalue weighted by Crippen LogP contribution is -2.30. The van der Waals surface area contributed by atoms with Crippen molar-refractivity contribution in [2.75, 3.05) is 0 Å². The van der Waals surface area contributed by atoms with Gasteiger partial charge in [-0.1, -0.05) is 0 Å². The zero-order valence-electron chi connectivity index (χ0n) is 5.64.